The highest BCUT2D eigenvalue weighted by atomic mass is 32.2. The Morgan fingerprint density at radius 1 is 1.00 bits per heavy atom. The highest BCUT2D eigenvalue weighted by Crippen LogP contribution is 2.69. The van der Waals surface area contributed by atoms with Gasteiger partial charge in [0.05, 0.1) is 28.1 Å². The van der Waals surface area contributed by atoms with Gasteiger partial charge in [0.15, 0.2) is 3.95 Å². The minimum atomic E-state index is -4.58. The summed E-state index contributed by atoms with van der Waals surface area (Å²) in [6, 6.07) is 10.8. The number of aromatic amines is 1. The van der Waals surface area contributed by atoms with Crippen molar-refractivity contribution in [3.05, 3.63) is 74.3 Å². The number of fused-ring (bicyclic) bond motifs is 9. The highest BCUT2D eigenvalue weighted by molar-refractivity contribution is 8.00. The van der Waals surface area contributed by atoms with Crippen LogP contribution in [0.5, 0.6) is 0 Å². The Morgan fingerprint density at radius 2 is 1.70 bits per heavy atom. The van der Waals surface area contributed by atoms with Gasteiger partial charge in [-0.05, 0) is 72.3 Å². The molecule has 7 unspecified atom stereocenters. The van der Waals surface area contributed by atoms with Gasteiger partial charge in [0.1, 0.15) is 5.82 Å². The molecule has 2 saturated carbocycles. The van der Waals surface area contributed by atoms with Gasteiger partial charge in [0.2, 0.25) is 11.8 Å². The molecule has 2 bridgehead atoms. The molecule has 4 aliphatic rings. The van der Waals surface area contributed by atoms with Gasteiger partial charge in [0, 0.05) is 16.0 Å². The SMILES string of the molecule is O=C1C2C3CC(C2C(=O)N1c1cccc(C(F)(F)F)c1)C1C(c2ccc(F)cc2)c2sc(=S)[nH]c2SC31. The van der Waals surface area contributed by atoms with Gasteiger partial charge >= 0.3 is 6.18 Å². The number of H-pyrrole nitrogens is 1. The molecule has 37 heavy (non-hydrogen) atoms. The topological polar surface area (TPSA) is 53.2 Å². The van der Waals surface area contributed by atoms with E-state index in [0.717, 1.165) is 32.5 Å². The van der Waals surface area contributed by atoms with E-state index in [-0.39, 0.29) is 40.4 Å². The first-order valence-corrected chi connectivity index (χ1v) is 13.9. The average molecular weight is 563 g/mol. The van der Waals surface area contributed by atoms with Crippen molar-refractivity contribution in [2.45, 2.75) is 28.8 Å². The highest BCUT2D eigenvalue weighted by Gasteiger charge is 2.69. The van der Waals surface area contributed by atoms with Crippen LogP contribution in [0.3, 0.4) is 0 Å². The first-order chi connectivity index (χ1) is 17.6. The Kier molecular flexibility index (Phi) is 5.10. The van der Waals surface area contributed by atoms with Crippen LogP contribution in [-0.2, 0) is 15.8 Å². The van der Waals surface area contributed by atoms with Crippen LogP contribution in [0.4, 0.5) is 23.2 Å². The fourth-order valence-electron chi connectivity index (χ4n) is 7.14. The van der Waals surface area contributed by atoms with Gasteiger partial charge in [0.25, 0.3) is 0 Å². The van der Waals surface area contributed by atoms with E-state index < -0.39 is 35.4 Å². The van der Waals surface area contributed by atoms with Crippen LogP contribution in [0, 0.1) is 39.4 Å². The Balaban J connectivity index is 1.30. The summed E-state index contributed by atoms with van der Waals surface area (Å²) >= 11 is 8.56. The molecule has 2 aliphatic heterocycles. The largest absolute Gasteiger partial charge is 0.416 e. The number of thioether (sulfide) groups is 1. The Hall–Kier alpha value is -2.50. The number of aromatic nitrogens is 1. The van der Waals surface area contributed by atoms with Gasteiger partial charge in [-0.3, -0.25) is 14.5 Å². The molecule has 7 atom stereocenters. The first-order valence-electron chi connectivity index (χ1n) is 11.8. The fraction of sp³-hybridized carbons (Fsp3) is 0.346. The monoisotopic (exact) mass is 562 g/mol. The number of halogens is 4. The van der Waals surface area contributed by atoms with Crippen molar-refractivity contribution in [3.8, 4) is 0 Å². The molecule has 4 nitrogen and oxygen atoms in total. The lowest BCUT2D eigenvalue weighted by molar-refractivity contribution is -0.137. The molecule has 3 fully saturated rings. The molecule has 1 saturated heterocycles. The maximum absolute atomic E-state index is 13.8. The van der Waals surface area contributed by atoms with Gasteiger partial charge in [-0.2, -0.15) is 13.2 Å². The molecule has 1 N–H and O–H groups in total. The summed E-state index contributed by atoms with van der Waals surface area (Å²) in [5.74, 6) is -2.60. The third-order valence-corrected chi connectivity index (χ3v) is 11.3. The van der Waals surface area contributed by atoms with Crippen molar-refractivity contribution in [2.75, 3.05) is 4.90 Å². The van der Waals surface area contributed by atoms with Crippen LogP contribution >= 0.6 is 35.3 Å². The maximum atomic E-state index is 13.8. The fourth-order valence-corrected chi connectivity index (χ4v) is 10.5. The molecular formula is C26H18F4N2O2S3. The van der Waals surface area contributed by atoms with Gasteiger partial charge in [-0.1, -0.05) is 18.2 Å². The second-order valence-corrected chi connectivity index (χ2v) is 13.0. The Labute approximate surface area is 222 Å². The number of benzene rings is 2. The number of alkyl halides is 3. The number of nitrogens with one attached hydrogen (secondary N) is 1. The summed E-state index contributed by atoms with van der Waals surface area (Å²) in [5.41, 5.74) is -0.00254. The molecule has 0 radical (unpaired) electrons. The number of carbonyl (C=O) groups excluding carboxylic acids is 2. The molecule has 11 heteroatoms. The van der Waals surface area contributed by atoms with Crippen LogP contribution < -0.4 is 4.90 Å². The number of rotatable bonds is 2. The van der Waals surface area contributed by atoms with Crippen LogP contribution in [0.15, 0.2) is 53.6 Å². The molecule has 190 valence electrons. The van der Waals surface area contributed by atoms with E-state index in [4.69, 9.17) is 12.2 Å². The number of amides is 2. The zero-order valence-corrected chi connectivity index (χ0v) is 21.3. The zero-order valence-electron chi connectivity index (χ0n) is 18.9. The molecular weight excluding hydrogens is 544 g/mol. The zero-order chi connectivity index (χ0) is 25.8. The number of anilines is 1. The summed E-state index contributed by atoms with van der Waals surface area (Å²) in [4.78, 5) is 32.6. The van der Waals surface area contributed by atoms with Gasteiger partial charge in [-0.15, -0.1) is 23.1 Å². The summed E-state index contributed by atoms with van der Waals surface area (Å²) in [7, 11) is 0. The third-order valence-electron chi connectivity index (χ3n) is 8.38. The minimum absolute atomic E-state index is 0.0221. The normalized spacial score (nSPS) is 32.0. The van der Waals surface area contributed by atoms with Crippen molar-refractivity contribution < 1.29 is 27.2 Å². The van der Waals surface area contributed by atoms with Gasteiger partial charge in [-0.25, -0.2) is 4.39 Å². The number of hydrogen-bond acceptors (Lipinski definition) is 5. The van der Waals surface area contributed by atoms with E-state index in [1.807, 2.05) is 0 Å². The van der Waals surface area contributed by atoms with Crippen molar-refractivity contribution in [1.82, 2.24) is 4.98 Å². The van der Waals surface area contributed by atoms with E-state index in [1.54, 1.807) is 23.9 Å². The number of nitrogens with zero attached hydrogens (tertiary/aromatic N) is 1. The van der Waals surface area contributed by atoms with E-state index in [1.165, 1.54) is 35.6 Å². The van der Waals surface area contributed by atoms with Crippen LogP contribution in [0.1, 0.15) is 28.3 Å². The molecule has 1 aromatic heterocycles. The molecule has 2 amide bonds. The lowest BCUT2D eigenvalue weighted by atomic mass is 9.68. The van der Waals surface area contributed by atoms with E-state index >= 15 is 0 Å². The molecule has 0 spiro atoms. The molecule has 3 aromatic rings. The predicted octanol–water partition coefficient (Wildman–Crippen LogP) is 6.64. The summed E-state index contributed by atoms with van der Waals surface area (Å²) in [5, 5.41) is 0.980. The maximum Gasteiger partial charge on any atom is 0.416 e. The Morgan fingerprint density at radius 3 is 2.41 bits per heavy atom. The lowest BCUT2D eigenvalue weighted by Gasteiger charge is -2.43. The van der Waals surface area contributed by atoms with Crippen molar-refractivity contribution >= 4 is 52.8 Å². The minimum Gasteiger partial charge on any atom is -0.332 e. The quantitative estimate of drug-likeness (QED) is 0.216. The smallest absolute Gasteiger partial charge is 0.332 e. The van der Waals surface area contributed by atoms with Crippen LogP contribution in [-0.4, -0.2) is 22.0 Å². The molecule has 7 rings (SSSR count). The van der Waals surface area contributed by atoms with Crippen molar-refractivity contribution in [2.24, 2.45) is 29.6 Å². The van der Waals surface area contributed by atoms with Crippen LogP contribution in [0.2, 0.25) is 0 Å². The number of imide groups is 1. The number of thiazole rings is 1. The number of hydrogen-bond donors (Lipinski definition) is 1. The predicted molar refractivity (Wildman–Crippen MR) is 133 cm³/mol. The summed E-state index contributed by atoms with van der Waals surface area (Å²) < 4.78 is 54.4. The molecule has 2 aliphatic carbocycles. The third kappa shape index (κ3) is 3.36. The average Bonchev–Trinajstić information content (AvgIpc) is 3.58. The standard InChI is InChI=1S/C26H18F4N2O2S3/c27-12-6-4-10(5-7-12)16-17-14-9-15(20(17)36-22-21(16)37-25(35)31-22)19-18(14)23(33)32(24(19)34)13-3-1-2-11(8-13)26(28,29)30/h1-8,14-20H,9H2,(H,31,35). The Bertz CT molecular complexity index is 1510. The summed E-state index contributed by atoms with van der Waals surface area (Å²) in [6.07, 6.45) is -3.87. The molecule has 2 aromatic carbocycles. The van der Waals surface area contributed by atoms with Crippen molar-refractivity contribution in [1.29, 1.82) is 0 Å². The lowest BCUT2D eigenvalue weighted by Crippen LogP contribution is -2.42. The second kappa shape index (κ2) is 8.00. The van der Waals surface area contributed by atoms with E-state index in [0.29, 0.717) is 10.4 Å². The first kappa shape index (κ1) is 23.6. The van der Waals surface area contributed by atoms with Crippen LogP contribution in [0.25, 0.3) is 0 Å². The van der Waals surface area contributed by atoms with E-state index in [9.17, 15) is 27.2 Å². The summed E-state index contributed by atoms with van der Waals surface area (Å²) in [6.45, 7) is 0. The molecule has 3 heterocycles. The van der Waals surface area contributed by atoms with Crippen molar-refractivity contribution in [3.63, 3.8) is 0 Å². The number of carbonyl (C=O) groups is 2. The van der Waals surface area contributed by atoms with Gasteiger partial charge < -0.3 is 4.98 Å². The van der Waals surface area contributed by atoms with E-state index in [2.05, 4.69) is 4.98 Å². The second-order valence-electron chi connectivity index (χ2n) is 10.1.